The van der Waals surface area contributed by atoms with Gasteiger partial charge in [0, 0.05) is 17.6 Å². The number of nitrogens with zero attached hydrogens (tertiary/aromatic N) is 2. The van der Waals surface area contributed by atoms with Gasteiger partial charge in [0.1, 0.15) is 11.9 Å². The van der Waals surface area contributed by atoms with Crippen LogP contribution in [0.25, 0.3) is 0 Å². The third-order valence-electron chi connectivity index (χ3n) is 4.27. The summed E-state index contributed by atoms with van der Waals surface area (Å²) in [7, 11) is 1.44. The second kappa shape index (κ2) is 8.54. The summed E-state index contributed by atoms with van der Waals surface area (Å²) in [5.74, 6) is -2.14. The molecule has 3 rings (SSSR count). The number of hydrogen-bond donors (Lipinski definition) is 2. The van der Waals surface area contributed by atoms with E-state index in [1.54, 1.807) is 24.3 Å². The molecule has 0 spiro atoms. The molecule has 2 aromatic rings. The highest BCUT2D eigenvalue weighted by atomic mass is 35.5. The molecule has 0 radical (unpaired) electrons. The zero-order valence-electron chi connectivity index (χ0n) is 15.2. The highest BCUT2D eigenvalue weighted by Gasteiger charge is 2.45. The molecule has 7 nitrogen and oxygen atoms in total. The van der Waals surface area contributed by atoms with E-state index in [1.807, 2.05) is 0 Å². The SMILES string of the molecule is CNC(=O)C[C@@H]1C(=O)N(c2ccc(Cl)cc2)C(=S)N1NC(=O)c1cccc(F)c1. The number of hydrogen-bond acceptors (Lipinski definition) is 4. The van der Waals surface area contributed by atoms with Crippen LogP contribution >= 0.6 is 23.8 Å². The second-order valence-corrected chi connectivity index (χ2v) is 6.95. The maximum atomic E-state index is 13.4. The summed E-state index contributed by atoms with van der Waals surface area (Å²) >= 11 is 11.3. The van der Waals surface area contributed by atoms with Gasteiger partial charge in [-0.2, -0.15) is 0 Å². The van der Waals surface area contributed by atoms with Crippen LogP contribution in [-0.4, -0.2) is 40.9 Å². The van der Waals surface area contributed by atoms with E-state index in [-0.39, 0.29) is 17.1 Å². The zero-order valence-corrected chi connectivity index (χ0v) is 16.8. The van der Waals surface area contributed by atoms with Crippen LogP contribution in [0.15, 0.2) is 48.5 Å². The minimum atomic E-state index is -1.06. The Morgan fingerprint density at radius 2 is 1.90 bits per heavy atom. The van der Waals surface area contributed by atoms with Gasteiger partial charge in [-0.05, 0) is 54.7 Å². The Hall–Kier alpha value is -3.04. The quantitative estimate of drug-likeness (QED) is 0.705. The lowest BCUT2D eigenvalue weighted by Gasteiger charge is -2.24. The number of amides is 3. The average molecular weight is 435 g/mol. The molecule has 3 amide bonds. The number of hydrazine groups is 1. The molecule has 1 heterocycles. The first kappa shape index (κ1) is 20.7. The van der Waals surface area contributed by atoms with Gasteiger partial charge in [-0.3, -0.25) is 24.7 Å². The van der Waals surface area contributed by atoms with Gasteiger partial charge in [-0.1, -0.05) is 17.7 Å². The number of nitrogens with one attached hydrogen (secondary N) is 2. The summed E-state index contributed by atoms with van der Waals surface area (Å²) < 4.78 is 13.4. The van der Waals surface area contributed by atoms with Crippen LogP contribution in [0.5, 0.6) is 0 Å². The fourth-order valence-electron chi connectivity index (χ4n) is 2.81. The summed E-state index contributed by atoms with van der Waals surface area (Å²) in [6.07, 6.45) is -0.233. The predicted octanol–water partition coefficient (Wildman–Crippen LogP) is 2.26. The van der Waals surface area contributed by atoms with E-state index in [1.165, 1.54) is 30.1 Å². The highest BCUT2D eigenvalue weighted by Crippen LogP contribution is 2.27. The number of carbonyl (C=O) groups is 3. The number of carbonyl (C=O) groups excluding carboxylic acids is 3. The Balaban J connectivity index is 1.92. The minimum Gasteiger partial charge on any atom is -0.359 e. The van der Waals surface area contributed by atoms with Crippen molar-refractivity contribution in [3.05, 3.63) is 64.9 Å². The Labute approximate surface area is 176 Å². The average Bonchev–Trinajstić information content (AvgIpc) is 2.92. The van der Waals surface area contributed by atoms with Crippen LogP contribution in [0.1, 0.15) is 16.8 Å². The molecule has 0 saturated carbocycles. The molecule has 1 saturated heterocycles. The molecule has 150 valence electrons. The van der Waals surface area contributed by atoms with Crippen molar-refractivity contribution >= 4 is 52.3 Å². The van der Waals surface area contributed by atoms with Crippen molar-refractivity contribution in [2.45, 2.75) is 12.5 Å². The molecule has 0 aliphatic carbocycles. The van der Waals surface area contributed by atoms with Crippen molar-refractivity contribution in [3.8, 4) is 0 Å². The lowest BCUT2D eigenvalue weighted by molar-refractivity contribution is -0.127. The van der Waals surface area contributed by atoms with E-state index in [0.29, 0.717) is 10.7 Å². The second-order valence-electron chi connectivity index (χ2n) is 6.15. The van der Waals surface area contributed by atoms with Gasteiger partial charge in [-0.25, -0.2) is 9.40 Å². The van der Waals surface area contributed by atoms with Gasteiger partial charge in [-0.15, -0.1) is 0 Å². The normalized spacial score (nSPS) is 16.2. The van der Waals surface area contributed by atoms with E-state index in [0.717, 1.165) is 11.1 Å². The van der Waals surface area contributed by atoms with Gasteiger partial charge < -0.3 is 5.32 Å². The van der Waals surface area contributed by atoms with Gasteiger partial charge in [0.2, 0.25) is 11.0 Å². The number of thiocarbonyl (C=S) groups is 1. The third kappa shape index (κ3) is 4.36. The Kier molecular flexibility index (Phi) is 6.09. The third-order valence-corrected chi connectivity index (χ3v) is 4.90. The summed E-state index contributed by atoms with van der Waals surface area (Å²) in [5.41, 5.74) is 3.00. The summed E-state index contributed by atoms with van der Waals surface area (Å²) in [4.78, 5) is 38.7. The van der Waals surface area contributed by atoms with Crippen LogP contribution in [0.2, 0.25) is 5.02 Å². The lowest BCUT2D eigenvalue weighted by atomic mass is 10.2. The van der Waals surface area contributed by atoms with Crippen molar-refractivity contribution in [1.82, 2.24) is 15.8 Å². The maximum Gasteiger partial charge on any atom is 0.269 e. The number of halogens is 2. The molecule has 2 N–H and O–H groups in total. The molecule has 0 unspecified atom stereocenters. The minimum absolute atomic E-state index is 0.0176. The lowest BCUT2D eigenvalue weighted by Crippen LogP contribution is -2.50. The largest absolute Gasteiger partial charge is 0.359 e. The van der Waals surface area contributed by atoms with Crippen LogP contribution in [0, 0.1) is 5.82 Å². The van der Waals surface area contributed by atoms with E-state index >= 15 is 0 Å². The molecule has 1 aliphatic heterocycles. The first-order valence-corrected chi connectivity index (χ1v) is 9.30. The van der Waals surface area contributed by atoms with Gasteiger partial charge in [0.05, 0.1) is 12.1 Å². The monoisotopic (exact) mass is 434 g/mol. The number of rotatable bonds is 5. The molecule has 1 aliphatic rings. The van der Waals surface area contributed by atoms with Crippen molar-refractivity contribution in [2.75, 3.05) is 11.9 Å². The fourth-order valence-corrected chi connectivity index (χ4v) is 3.30. The van der Waals surface area contributed by atoms with Crippen molar-refractivity contribution in [1.29, 1.82) is 0 Å². The summed E-state index contributed by atoms with van der Waals surface area (Å²) in [6.45, 7) is 0. The standard InChI is InChI=1S/C19H16ClFN4O3S/c1-22-16(26)10-15-18(28)24(14-7-5-12(20)6-8-14)19(29)25(15)23-17(27)11-3-2-4-13(21)9-11/h2-9,15H,10H2,1H3,(H,22,26)(H,23,27)/t15-/m1/s1. The van der Waals surface area contributed by atoms with Crippen LogP contribution < -0.4 is 15.6 Å². The first-order valence-electron chi connectivity index (χ1n) is 8.51. The Bertz CT molecular complexity index is 986. The topological polar surface area (TPSA) is 81.8 Å². The zero-order chi connectivity index (χ0) is 21.1. The van der Waals surface area contributed by atoms with Crippen molar-refractivity contribution in [3.63, 3.8) is 0 Å². The molecular formula is C19H16ClFN4O3S. The van der Waals surface area contributed by atoms with E-state index < -0.39 is 29.6 Å². The Morgan fingerprint density at radius 3 is 2.52 bits per heavy atom. The van der Waals surface area contributed by atoms with Crippen molar-refractivity contribution < 1.29 is 18.8 Å². The van der Waals surface area contributed by atoms with Crippen LogP contribution in [-0.2, 0) is 9.59 Å². The van der Waals surface area contributed by atoms with E-state index in [2.05, 4.69) is 10.7 Å². The Morgan fingerprint density at radius 1 is 1.21 bits per heavy atom. The predicted molar refractivity (Wildman–Crippen MR) is 110 cm³/mol. The molecule has 10 heteroatoms. The molecule has 0 bridgehead atoms. The van der Waals surface area contributed by atoms with Gasteiger partial charge >= 0.3 is 0 Å². The van der Waals surface area contributed by atoms with E-state index in [4.69, 9.17) is 23.8 Å². The molecule has 2 aromatic carbocycles. The van der Waals surface area contributed by atoms with Gasteiger partial charge in [0.15, 0.2) is 0 Å². The van der Waals surface area contributed by atoms with Gasteiger partial charge in [0.25, 0.3) is 11.8 Å². The molecule has 29 heavy (non-hydrogen) atoms. The van der Waals surface area contributed by atoms with E-state index in [9.17, 15) is 18.8 Å². The molecule has 1 atom stereocenters. The summed E-state index contributed by atoms with van der Waals surface area (Å²) in [5, 5.41) is 4.05. The first-order chi connectivity index (χ1) is 13.8. The fraction of sp³-hybridized carbons (Fsp3) is 0.158. The molecular weight excluding hydrogens is 419 g/mol. The highest BCUT2D eigenvalue weighted by molar-refractivity contribution is 7.80. The maximum absolute atomic E-state index is 13.4. The molecule has 0 aromatic heterocycles. The van der Waals surface area contributed by atoms with Crippen molar-refractivity contribution in [2.24, 2.45) is 0 Å². The number of anilines is 1. The summed E-state index contributed by atoms with van der Waals surface area (Å²) in [6, 6.07) is 10.4. The number of benzene rings is 2. The van der Waals surface area contributed by atoms with Crippen LogP contribution in [0.4, 0.5) is 10.1 Å². The smallest absolute Gasteiger partial charge is 0.269 e. The molecule has 1 fully saturated rings. The van der Waals surface area contributed by atoms with Crippen LogP contribution in [0.3, 0.4) is 0 Å².